The van der Waals surface area contributed by atoms with Crippen molar-refractivity contribution in [1.82, 2.24) is 29.7 Å². The molecule has 3 N–H and O–H groups in total. The minimum absolute atomic E-state index is 0.0341. The lowest BCUT2D eigenvalue weighted by molar-refractivity contribution is -0.137. The largest absolute Gasteiger partial charge is 0.488 e. The third kappa shape index (κ3) is 7.59. The molecule has 3 heterocycles. The zero-order valence-electron chi connectivity index (χ0n) is 32.8. The summed E-state index contributed by atoms with van der Waals surface area (Å²) in [7, 11) is 1.68. The van der Waals surface area contributed by atoms with E-state index in [1.54, 1.807) is 7.11 Å². The van der Waals surface area contributed by atoms with Crippen molar-refractivity contribution in [3.8, 4) is 28.1 Å². The van der Waals surface area contributed by atoms with Gasteiger partial charge in [0.15, 0.2) is 0 Å². The van der Waals surface area contributed by atoms with Gasteiger partial charge in [-0.3, -0.25) is 9.69 Å². The number of amides is 1. The number of ether oxygens (including phenoxy) is 2. The van der Waals surface area contributed by atoms with E-state index >= 15 is 0 Å². The van der Waals surface area contributed by atoms with Gasteiger partial charge in [0.05, 0.1) is 47.7 Å². The van der Waals surface area contributed by atoms with Gasteiger partial charge in [-0.1, -0.05) is 59.2 Å². The molecule has 6 rings (SSSR count). The van der Waals surface area contributed by atoms with Crippen LogP contribution >= 0.6 is 0 Å². The molecule has 5 aromatic rings. The highest BCUT2D eigenvalue weighted by Crippen LogP contribution is 2.43. The molecule has 4 atom stereocenters. The van der Waals surface area contributed by atoms with Crippen LogP contribution in [0.2, 0.25) is 0 Å². The first kappa shape index (κ1) is 38.5. The monoisotopic (exact) mass is 722 g/mol. The predicted molar refractivity (Wildman–Crippen MR) is 213 cm³/mol. The second-order valence-electron chi connectivity index (χ2n) is 14.6. The Bertz CT molecular complexity index is 2010. The SMILES string of the molecule is CCCC(=O)N([C@H](CC)COC)[C@@H](C)c1nc2c(ccc3cc4c(cc32)OCc2cc(-c3cnc([C@H](C)N(C(O)CCC)C(CC)CC)[nH]3)ccc2-4)[nH]1. The number of hydrogen-bond donors (Lipinski definition) is 3. The maximum atomic E-state index is 13.4. The first-order valence-corrected chi connectivity index (χ1v) is 19.7. The van der Waals surface area contributed by atoms with Crippen LogP contribution in [0.25, 0.3) is 44.2 Å². The van der Waals surface area contributed by atoms with Crippen molar-refractivity contribution in [3.05, 3.63) is 65.9 Å². The average Bonchev–Trinajstić information content (AvgIpc) is 3.84. The number of benzene rings is 3. The van der Waals surface area contributed by atoms with Crippen LogP contribution in [-0.4, -0.2) is 72.8 Å². The van der Waals surface area contributed by atoms with Crippen LogP contribution in [0.3, 0.4) is 0 Å². The number of nitrogens with one attached hydrogen (secondary N) is 2. The van der Waals surface area contributed by atoms with Crippen LogP contribution in [0, 0.1) is 0 Å². The fourth-order valence-electron chi connectivity index (χ4n) is 8.24. The number of aromatic amines is 2. The topological polar surface area (TPSA) is 120 Å². The Hall–Kier alpha value is -4.25. The number of imidazole rings is 2. The zero-order valence-corrected chi connectivity index (χ0v) is 32.8. The van der Waals surface area contributed by atoms with Crippen LogP contribution in [0.4, 0.5) is 0 Å². The third-order valence-corrected chi connectivity index (χ3v) is 11.2. The first-order chi connectivity index (χ1) is 25.7. The highest BCUT2D eigenvalue weighted by Gasteiger charge is 2.31. The Morgan fingerprint density at radius 3 is 2.40 bits per heavy atom. The zero-order chi connectivity index (χ0) is 37.8. The van der Waals surface area contributed by atoms with E-state index in [1.165, 1.54) is 0 Å². The molecule has 284 valence electrons. The molecular formula is C43H58N6O4. The molecule has 0 radical (unpaired) electrons. The Labute approximate surface area is 314 Å². The van der Waals surface area contributed by atoms with E-state index in [1.807, 2.05) is 24.9 Å². The molecule has 1 amide bonds. The van der Waals surface area contributed by atoms with Gasteiger partial charge < -0.3 is 29.4 Å². The second-order valence-corrected chi connectivity index (χ2v) is 14.6. The molecule has 10 nitrogen and oxygen atoms in total. The first-order valence-electron chi connectivity index (χ1n) is 19.7. The number of carbonyl (C=O) groups is 1. The van der Waals surface area contributed by atoms with Gasteiger partial charge >= 0.3 is 0 Å². The number of aliphatic hydroxyl groups excluding tert-OH is 1. The maximum Gasteiger partial charge on any atom is 0.223 e. The van der Waals surface area contributed by atoms with Crippen LogP contribution in [-0.2, 0) is 16.1 Å². The van der Waals surface area contributed by atoms with Crippen molar-refractivity contribution in [2.45, 2.75) is 130 Å². The molecule has 0 saturated heterocycles. The summed E-state index contributed by atoms with van der Waals surface area (Å²) in [6.45, 7) is 15.7. The number of nitrogens with zero attached hydrogens (tertiary/aromatic N) is 4. The number of carbonyl (C=O) groups excluding carboxylic acids is 1. The molecule has 0 aliphatic carbocycles. The molecule has 53 heavy (non-hydrogen) atoms. The second kappa shape index (κ2) is 16.8. The number of rotatable bonds is 17. The normalized spacial score (nSPS) is 15.0. The van der Waals surface area contributed by atoms with Crippen LogP contribution in [0.15, 0.2) is 48.7 Å². The summed E-state index contributed by atoms with van der Waals surface area (Å²) < 4.78 is 11.9. The Morgan fingerprint density at radius 1 is 0.925 bits per heavy atom. The number of aromatic nitrogens is 4. The molecule has 0 fully saturated rings. The van der Waals surface area contributed by atoms with E-state index < -0.39 is 6.23 Å². The van der Waals surface area contributed by atoms with Crippen molar-refractivity contribution in [3.63, 3.8) is 0 Å². The fourth-order valence-corrected chi connectivity index (χ4v) is 8.24. The number of hydrogen-bond acceptors (Lipinski definition) is 7. The Kier molecular flexibility index (Phi) is 12.2. The molecule has 10 heteroatoms. The number of methoxy groups -OCH3 is 1. The van der Waals surface area contributed by atoms with Gasteiger partial charge in [0.25, 0.3) is 0 Å². The number of aliphatic hydroxyl groups is 1. The van der Waals surface area contributed by atoms with Crippen LogP contribution in [0.5, 0.6) is 5.75 Å². The molecule has 1 aliphatic rings. The third-order valence-electron chi connectivity index (χ3n) is 11.2. The number of fused-ring (bicyclic) bond motifs is 6. The van der Waals surface area contributed by atoms with Gasteiger partial charge in [-0.05, 0) is 92.3 Å². The van der Waals surface area contributed by atoms with E-state index in [-0.39, 0.29) is 30.1 Å². The lowest BCUT2D eigenvalue weighted by Gasteiger charge is -2.38. The van der Waals surface area contributed by atoms with Crippen molar-refractivity contribution in [1.29, 1.82) is 0 Å². The van der Waals surface area contributed by atoms with Crippen LogP contribution in [0.1, 0.15) is 123 Å². The Morgan fingerprint density at radius 2 is 1.70 bits per heavy atom. The number of H-pyrrole nitrogens is 2. The highest BCUT2D eigenvalue weighted by molar-refractivity contribution is 6.07. The summed E-state index contributed by atoms with van der Waals surface area (Å²) in [6.07, 6.45) is 7.07. The summed E-state index contributed by atoms with van der Waals surface area (Å²) in [4.78, 5) is 34.6. The molecule has 2 aromatic heterocycles. The van der Waals surface area contributed by atoms with Crippen molar-refractivity contribution in [2.24, 2.45) is 0 Å². The fraction of sp³-hybridized carbons (Fsp3) is 0.512. The summed E-state index contributed by atoms with van der Waals surface area (Å²) in [5.74, 6) is 2.57. The van der Waals surface area contributed by atoms with Gasteiger partial charge in [-0.2, -0.15) is 0 Å². The highest BCUT2D eigenvalue weighted by atomic mass is 16.5. The van der Waals surface area contributed by atoms with Gasteiger partial charge in [0, 0.05) is 30.5 Å². The van der Waals surface area contributed by atoms with Crippen molar-refractivity contribution < 1.29 is 19.4 Å². The summed E-state index contributed by atoms with van der Waals surface area (Å²) in [6, 6.07) is 15.0. The quantitative estimate of drug-likeness (QED) is 0.0818. The van der Waals surface area contributed by atoms with Gasteiger partial charge in [-0.15, -0.1) is 0 Å². The average molecular weight is 723 g/mol. The lowest BCUT2D eigenvalue weighted by atomic mass is 9.92. The van der Waals surface area contributed by atoms with E-state index in [0.717, 1.165) is 106 Å². The predicted octanol–water partition coefficient (Wildman–Crippen LogP) is 9.45. The molecule has 1 unspecified atom stereocenters. The van der Waals surface area contributed by atoms with E-state index in [4.69, 9.17) is 19.4 Å². The van der Waals surface area contributed by atoms with Crippen molar-refractivity contribution >= 4 is 27.7 Å². The van der Waals surface area contributed by atoms with E-state index in [9.17, 15) is 9.90 Å². The molecule has 0 bridgehead atoms. The summed E-state index contributed by atoms with van der Waals surface area (Å²) in [5, 5.41) is 13.2. The minimum atomic E-state index is -0.508. The summed E-state index contributed by atoms with van der Waals surface area (Å²) >= 11 is 0. The van der Waals surface area contributed by atoms with Gasteiger partial charge in [0.2, 0.25) is 5.91 Å². The van der Waals surface area contributed by atoms with Crippen LogP contribution < -0.4 is 4.74 Å². The standard InChI is InChI=1S/C43H58N6O4/c1-9-14-39(50)48(31(11-3)12-4)26(6)42-44-23-37(46-42)29-16-18-33-30(20-29)24-53-38-22-34-28(21-35(33)38)17-19-36-41(34)47-43(45-36)27(7)49(40(51)15-10-2)32(13-5)25-52-8/h16-23,26-27,31-32,39,50H,9-15,24-25H2,1-8H3,(H,44,46)(H,45,47)/t26-,27-,32+,39?/m0/s1. The molecular weight excluding hydrogens is 665 g/mol. The van der Waals surface area contributed by atoms with Crippen molar-refractivity contribution in [2.75, 3.05) is 13.7 Å². The minimum Gasteiger partial charge on any atom is -0.488 e. The molecule has 0 spiro atoms. The van der Waals surface area contributed by atoms with Gasteiger partial charge in [0.1, 0.15) is 30.2 Å². The van der Waals surface area contributed by atoms with Gasteiger partial charge in [-0.25, -0.2) is 9.97 Å². The smallest absolute Gasteiger partial charge is 0.223 e. The van der Waals surface area contributed by atoms with E-state index in [2.05, 4.69) is 92.0 Å². The lowest BCUT2D eigenvalue weighted by Crippen LogP contribution is -2.44. The molecule has 3 aromatic carbocycles. The molecule has 0 saturated carbocycles. The summed E-state index contributed by atoms with van der Waals surface area (Å²) in [5.41, 5.74) is 7.12. The molecule has 1 aliphatic heterocycles. The Balaban J connectivity index is 1.29. The maximum absolute atomic E-state index is 13.4. The van der Waals surface area contributed by atoms with E-state index in [0.29, 0.717) is 19.6 Å².